The molecule has 0 aliphatic carbocycles. The number of nitrogens with zero attached hydrogens (tertiary/aromatic N) is 1. The van der Waals surface area contributed by atoms with E-state index >= 15 is 0 Å². The van der Waals surface area contributed by atoms with Gasteiger partial charge in [0.1, 0.15) is 0 Å². The second-order valence-corrected chi connectivity index (χ2v) is 5.02. The monoisotopic (exact) mass is 253 g/mol. The van der Waals surface area contributed by atoms with Gasteiger partial charge in [-0.25, -0.2) is 0 Å². The van der Waals surface area contributed by atoms with E-state index in [4.69, 9.17) is 11.6 Å². The molecule has 0 aromatic heterocycles. The van der Waals surface area contributed by atoms with Crippen LogP contribution in [0, 0.1) is 13.8 Å². The van der Waals surface area contributed by atoms with Crippen molar-refractivity contribution in [3.8, 4) is 0 Å². The van der Waals surface area contributed by atoms with Gasteiger partial charge in [-0.3, -0.25) is 4.79 Å². The number of carbonyl (C=O) groups is 1. The van der Waals surface area contributed by atoms with E-state index in [1.54, 1.807) is 4.90 Å². The predicted octanol–water partition coefficient (Wildman–Crippen LogP) is 2.16. The highest BCUT2D eigenvalue weighted by Gasteiger charge is 2.26. The van der Waals surface area contributed by atoms with E-state index in [2.05, 4.69) is 0 Å². The summed E-state index contributed by atoms with van der Waals surface area (Å²) in [4.78, 5) is 13.9. The zero-order chi connectivity index (χ0) is 12.6. The molecule has 1 aromatic rings. The molecule has 1 aromatic carbocycles. The number of aryl methyl sites for hydroxylation is 2. The van der Waals surface area contributed by atoms with Gasteiger partial charge < -0.3 is 10.0 Å². The highest BCUT2D eigenvalue weighted by molar-refractivity contribution is 6.34. The Labute approximate surface area is 106 Å². The zero-order valence-corrected chi connectivity index (χ0v) is 10.8. The van der Waals surface area contributed by atoms with Crippen LogP contribution in [0.3, 0.4) is 0 Å². The minimum absolute atomic E-state index is 0.0883. The zero-order valence-electron chi connectivity index (χ0n) is 10.0. The van der Waals surface area contributed by atoms with E-state index in [-0.39, 0.29) is 5.91 Å². The van der Waals surface area contributed by atoms with Crippen LogP contribution in [-0.2, 0) is 0 Å². The first-order chi connectivity index (χ1) is 7.99. The maximum atomic E-state index is 12.2. The van der Waals surface area contributed by atoms with Gasteiger partial charge >= 0.3 is 0 Å². The minimum Gasteiger partial charge on any atom is -0.391 e. The molecule has 1 saturated heterocycles. The third-order valence-corrected chi connectivity index (χ3v) is 3.58. The van der Waals surface area contributed by atoms with Crippen LogP contribution in [0.2, 0.25) is 5.02 Å². The highest BCUT2D eigenvalue weighted by Crippen LogP contribution is 2.23. The lowest BCUT2D eigenvalue weighted by Crippen LogP contribution is -2.29. The van der Waals surface area contributed by atoms with Gasteiger partial charge in [0.05, 0.1) is 16.7 Å². The molecule has 1 heterocycles. The number of hydrogen-bond donors (Lipinski definition) is 1. The van der Waals surface area contributed by atoms with Crippen molar-refractivity contribution in [3.05, 3.63) is 33.8 Å². The molecule has 0 unspecified atom stereocenters. The van der Waals surface area contributed by atoms with Crippen molar-refractivity contribution in [1.82, 2.24) is 4.90 Å². The Morgan fingerprint density at radius 3 is 2.65 bits per heavy atom. The molecule has 92 valence electrons. The molecule has 2 rings (SSSR count). The number of hydrogen-bond acceptors (Lipinski definition) is 2. The maximum absolute atomic E-state index is 12.2. The third-order valence-electron chi connectivity index (χ3n) is 3.26. The SMILES string of the molecule is Cc1cc(Cl)c(C(=O)N2CC[C@@H](O)C2)cc1C. The Kier molecular flexibility index (Phi) is 3.40. The normalized spacial score (nSPS) is 19.8. The number of benzene rings is 1. The minimum atomic E-state index is -0.399. The first-order valence-electron chi connectivity index (χ1n) is 5.73. The standard InChI is InChI=1S/C13H16ClNO2/c1-8-5-11(12(14)6-9(8)2)13(17)15-4-3-10(16)7-15/h5-6,10,16H,3-4,7H2,1-2H3/t10-/m1/s1. The van der Waals surface area contributed by atoms with E-state index in [1.807, 2.05) is 26.0 Å². The van der Waals surface area contributed by atoms with E-state index in [0.29, 0.717) is 30.1 Å². The number of amides is 1. The summed E-state index contributed by atoms with van der Waals surface area (Å²) in [7, 11) is 0. The predicted molar refractivity (Wildman–Crippen MR) is 67.5 cm³/mol. The molecule has 0 saturated carbocycles. The summed E-state index contributed by atoms with van der Waals surface area (Å²) in [6.45, 7) is 4.93. The molecule has 17 heavy (non-hydrogen) atoms. The number of likely N-dealkylation sites (tertiary alicyclic amines) is 1. The van der Waals surface area contributed by atoms with Crippen molar-refractivity contribution >= 4 is 17.5 Å². The second-order valence-electron chi connectivity index (χ2n) is 4.61. The number of carbonyl (C=O) groups excluding carboxylic acids is 1. The van der Waals surface area contributed by atoms with E-state index in [0.717, 1.165) is 11.1 Å². The van der Waals surface area contributed by atoms with Gasteiger partial charge in [0.25, 0.3) is 5.91 Å². The van der Waals surface area contributed by atoms with Crippen LogP contribution in [0.4, 0.5) is 0 Å². The van der Waals surface area contributed by atoms with Crippen LogP contribution in [-0.4, -0.2) is 35.1 Å². The van der Waals surface area contributed by atoms with E-state index in [1.165, 1.54) is 0 Å². The second kappa shape index (κ2) is 4.67. The van der Waals surface area contributed by atoms with Gasteiger partial charge in [-0.2, -0.15) is 0 Å². The lowest BCUT2D eigenvalue weighted by atomic mass is 10.1. The molecule has 1 N–H and O–H groups in total. The first-order valence-corrected chi connectivity index (χ1v) is 6.11. The van der Waals surface area contributed by atoms with Crippen LogP contribution in [0.15, 0.2) is 12.1 Å². The molecule has 0 spiro atoms. The number of β-amino-alcohol motifs (C(OH)–C–C–N with tert-alkyl or cyclic N) is 1. The third kappa shape index (κ3) is 2.45. The van der Waals surface area contributed by atoms with Crippen molar-refractivity contribution in [1.29, 1.82) is 0 Å². The van der Waals surface area contributed by atoms with Crippen molar-refractivity contribution in [2.75, 3.05) is 13.1 Å². The molecule has 1 amide bonds. The van der Waals surface area contributed by atoms with Gasteiger partial charge in [-0.05, 0) is 43.5 Å². The average molecular weight is 254 g/mol. The van der Waals surface area contributed by atoms with Crippen LogP contribution in [0.5, 0.6) is 0 Å². The van der Waals surface area contributed by atoms with Gasteiger partial charge in [-0.1, -0.05) is 11.6 Å². The Bertz CT molecular complexity index is 459. The van der Waals surface area contributed by atoms with Gasteiger partial charge in [-0.15, -0.1) is 0 Å². The summed E-state index contributed by atoms with van der Waals surface area (Å²) < 4.78 is 0. The Morgan fingerprint density at radius 1 is 1.41 bits per heavy atom. The molecule has 0 bridgehead atoms. The van der Waals surface area contributed by atoms with Crippen molar-refractivity contribution < 1.29 is 9.90 Å². The fourth-order valence-electron chi connectivity index (χ4n) is 2.04. The quantitative estimate of drug-likeness (QED) is 0.833. The smallest absolute Gasteiger partial charge is 0.255 e. The summed E-state index contributed by atoms with van der Waals surface area (Å²) in [6.07, 6.45) is 0.248. The van der Waals surface area contributed by atoms with Gasteiger partial charge in [0.2, 0.25) is 0 Å². The Hall–Kier alpha value is -1.06. The van der Waals surface area contributed by atoms with Crippen LogP contribution in [0.1, 0.15) is 27.9 Å². The summed E-state index contributed by atoms with van der Waals surface area (Å²) in [6, 6.07) is 3.64. The van der Waals surface area contributed by atoms with Crippen LogP contribution in [0.25, 0.3) is 0 Å². The molecule has 1 atom stereocenters. The molecular weight excluding hydrogens is 238 g/mol. The lowest BCUT2D eigenvalue weighted by Gasteiger charge is -2.17. The number of aliphatic hydroxyl groups is 1. The Morgan fingerprint density at radius 2 is 2.06 bits per heavy atom. The molecule has 0 radical (unpaired) electrons. The van der Waals surface area contributed by atoms with Crippen molar-refractivity contribution in [3.63, 3.8) is 0 Å². The summed E-state index contributed by atoms with van der Waals surface area (Å²) in [5, 5.41) is 9.92. The van der Waals surface area contributed by atoms with Crippen molar-refractivity contribution in [2.45, 2.75) is 26.4 Å². The lowest BCUT2D eigenvalue weighted by molar-refractivity contribution is 0.0765. The van der Waals surface area contributed by atoms with Gasteiger partial charge in [0.15, 0.2) is 0 Å². The fourth-order valence-corrected chi connectivity index (χ4v) is 2.34. The molecule has 1 fully saturated rings. The number of halogens is 1. The molecular formula is C13H16ClNO2. The highest BCUT2D eigenvalue weighted by atomic mass is 35.5. The number of rotatable bonds is 1. The van der Waals surface area contributed by atoms with Crippen LogP contribution < -0.4 is 0 Å². The number of aliphatic hydroxyl groups excluding tert-OH is 1. The van der Waals surface area contributed by atoms with E-state index < -0.39 is 6.10 Å². The molecule has 4 heteroatoms. The van der Waals surface area contributed by atoms with Crippen molar-refractivity contribution in [2.24, 2.45) is 0 Å². The average Bonchev–Trinajstić information content (AvgIpc) is 2.69. The molecule has 1 aliphatic rings. The first kappa shape index (κ1) is 12.4. The topological polar surface area (TPSA) is 40.5 Å². The van der Waals surface area contributed by atoms with Crippen LogP contribution >= 0.6 is 11.6 Å². The fraction of sp³-hybridized carbons (Fsp3) is 0.462. The summed E-state index contributed by atoms with van der Waals surface area (Å²) >= 11 is 6.10. The van der Waals surface area contributed by atoms with E-state index in [9.17, 15) is 9.90 Å². The summed E-state index contributed by atoms with van der Waals surface area (Å²) in [5.74, 6) is -0.0883. The Balaban J connectivity index is 2.28. The molecule has 3 nitrogen and oxygen atoms in total. The largest absolute Gasteiger partial charge is 0.391 e. The summed E-state index contributed by atoms with van der Waals surface area (Å²) in [5.41, 5.74) is 2.66. The maximum Gasteiger partial charge on any atom is 0.255 e. The molecule has 1 aliphatic heterocycles. The van der Waals surface area contributed by atoms with Gasteiger partial charge in [0, 0.05) is 13.1 Å².